The van der Waals surface area contributed by atoms with Gasteiger partial charge in [-0.3, -0.25) is 14.3 Å². The molecule has 0 amide bonds. The van der Waals surface area contributed by atoms with Crippen molar-refractivity contribution in [3.05, 3.63) is 56.8 Å². The van der Waals surface area contributed by atoms with Crippen LogP contribution in [0.1, 0.15) is 38.7 Å². The number of hydrogen-bond donors (Lipinski definition) is 1. The number of nitrogens with one attached hydrogen (secondary N) is 1. The number of aromatic amines is 1. The number of aryl methyl sites for hydroxylation is 2. The average Bonchev–Trinajstić information content (AvgIpc) is 2.72. The Labute approximate surface area is 176 Å². The second-order valence-electron chi connectivity index (χ2n) is 6.88. The van der Waals surface area contributed by atoms with Crippen molar-refractivity contribution in [2.45, 2.75) is 52.9 Å². The maximum Gasteiger partial charge on any atom is 0.353 e. The largest absolute Gasteiger partial charge is 0.473 e. The number of H-pyrrole nitrogens is 1. The Kier molecular flexibility index (Phi) is 9.78. The molecule has 1 aliphatic rings. The lowest BCUT2D eigenvalue weighted by Crippen LogP contribution is -2.31. The standard InChI is InChI=1S/C20H31N2O7P/c1-4-28-30(25,29-5-2)13-10-17(15-27-18-8-6-7-12-26-18)9-11-22-14-16(3)19(23)21-20(22)24/h7,10,12-14,17-18H,4-6,8-9,11,15H2,1-3H3,(H,21,23,24)/b13-10+/t17-,18-/m1/s1. The van der Waals surface area contributed by atoms with Crippen molar-refractivity contribution in [1.82, 2.24) is 9.55 Å². The molecule has 2 heterocycles. The first-order chi connectivity index (χ1) is 14.4. The van der Waals surface area contributed by atoms with E-state index in [1.54, 1.807) is 33.1 Å². The Morgan fingerprint density at radius 1 is 1.33 bits per heavy atom. The molecule has 0 spiro atoms. The first-order valence-corrected chi connectivity index (χ1v) is 11.8. The molecular formula is C20H31N2O7P. The van der Waals surface area contributed by atoms with Crippen molar-refractivity contribution in [2.75, 3.05) is 19.8 Å². The zero-order valence-corrected chi connectivity index (χ0v) is 18.6. The molecule has 30 heavy (non-hydrogen) atoms. The summed E-state index contributed by atoms with van der Waals surface area (Å²) in [6, 6.07) is 0. The van der Waals surface area contributed by atoms with Crippen molar-refractivity contribution in [1.29, 1.82) is 0 Å². The van der Waals surface area contributed by atoms with Gasteiger partial charge in [0.1, 0.15) is 0 Å². The van der Waals surface area contributed by atoms with E-state index in [0.29, 0.717) is 25.1 Å². The SMILES string of the molecule is CCOP(=O)(/C=C/[C@@H](CCn1cc(C)c(=O)[nH]c1=O)CO[C@@H]1CCC=CO1)OCC. The second kappa shape index (κ2) is 12.1. The van der Waals surface area contributed by atoms with Crippen LogP contribution < -0.4 is 11.2 Å². The van der Waals surface area contributed by atoms with Gasteiger partial charge in [-0.1, -0.05) is 6.08 Å². The lowest BCUT2D eigenvalue weighted by Gasteiger charge is -2.22. The van der Waals surface area contributed by atoms with Crippen LogP contribution in [0.25, 0.3) is 0 Å². The molecule has 1 aliphatic heterocycles. The summed E-state index contributed by atoms with van der Waals surface area (Å²) in [5.74, 6) is 1.28. The molecule has 0 fully saturated rings. The summed E-state index contributed by atoms with van der Waals surface area (Å²) in [6.45, 7) is 6.33. The van der Waals surface area contributed by atoms with Gasteiger partial charge in [-0.25, -0.2) is 4.79 Å². The van der Waals surface area contributed by atoms with E-state index in [9.17, 15) is 14.2 Å². The van der Waals surface area contributed by atoms with Gasteiger partial charge in [0.05, 0.1) is 26.1 Å². The highest BCUT2D eigenvalue weighted by Crippen LogP contribution is 2.49. The fourth-order valence-electron chi connectivity index (χ4n) is 2.90. The number of rotatable bonds is 12. The van der Waals surface area contributed by atoms with E-state index in [4.69, 9.17) is 18.5 Å². The van der Waals surface area contributed by atoms with Crippen LogP contribution >= 0.6 is 7.60 Å². The quantitative estimate of drug-likeness (QED) is 0.495. The molecule has 2 atom stereocenters. The second-order valence-corrected chi connectivity index (χ2v) is 8.77. The Morgan fingerprint density at radius 3 is 2.70 bits per heavy atom. The van der Waals surface area contributed by atoms with Crippen LogP contribution in [0.15, 0.2) is 40.0 Å². The van der Waals surface area contributed by atoms with Crippen molar-refractivity contribution in [3.8, 4) is 0 Å². The van der Waals surface area contributed by atoms with E-state index in [2.05, 4.69) is 4.98 Å². The molecule has 0 radical (unpaired) electrons. The van der Waals surface area contributed by atoms with Crippen molar-refractivity contribution < 1.29 is 23.1 Å². The molecular weight excluding hydrogens is 411 g/mol. The average molecular weight is 442 g/mol. The fourth-order valence-corrected chi connectivity index (χ4v) is 4.32. The van der Waals surface area contributed by atoms with E-state index in [-0.39, 0.29) is 25.4 Å². The maximum absolute atomic E-state index is 12.7. The van der Waals surface area contributed by atoms with E-state index in [1.807, 2.05) is 6.08 Å². The van der Waals surface area contributed by atoms with Crippen LogP contribution in [0, 0.1) is 12.8 Å². The minimum Gasteiger partial charge on any atom is -0.473 e. The van der Waals surface area contributed by atoms with Gasteiger partial charge in [0.15, 0.2) is 6.29 Å². The molecule has 1 aromatic heterocycles. The van der Waals surface area contributed by atoms with Crippen LogP contribution in [0.4, 0.5) is 0 Å². The topological polar surface area (TPSA) is 109 Å². The first-order valence-electron chi connectivity index (χ1n) is 10.2. The Hall–Kier alpha value is -1.93. The number of hydrogen-bond acceptors (Lipinski definition) is 7. The van der Waals surface area contributed by atoms with Gasteiger partial charge in [0.2, 0.25) is 0 Å². The number of allylic oxidation sites excluding steroid dienone is 1. The van der Waals surface area contributed by atoms with Gasteiger partial charge < -0.3 is 23.1 Å². The number of aromatic nitrogens is 2. The molecule has 0 aliphatic carbocycles. The molecule has 1 aromatic rings. The van der Waals surface area contributed by atoms with Crippen LogP contribution in [-0.2, 0) is 29.6 Å². The molecule has 10 heteroatoms. The predicted octanol–water partition coefficient (Wildman–Crippen LogP) is 3.30. The van der Waals surface area contributed by atoms with Crippen molar-refractivity contribution in [2.24, 2.45) is 5.92 Å². The number of ether oxygens (including phenoxy) is 2. The number of nitrogens with zero attached hydrogens (tertiary/aromatic N) is 1. The third-order valence-corrected chi connectivity index (χ3v) is 6.25. The molecule has 0 aromatic carbocycles. The fraction of sp³-hybridized carbons (Fsp3) is 0.600. The summed E-state index contributed by atoms with van der Waals surface area (Å²) in [4.78, 5) is 25.9. The molecule has 1 N–H and O–H groups in total. The molecule has 9 nitrogen and oxygen atoms in total. The Morgan fingerprint density at radius 2 is 2.07 bits per heavy atom. The van der Waals surface area contributed by atoms with Crippen LogP contribution in [0.2, 0.25) is 0 Å². The highest BCUT2D eigenvalue weighted by molar-refractivity contribution is 7.57. The van der Waals surface area contributed by atoms with Gasteiger partial charge in [0, 0.05) is 36.5 Å². The van der Waals surface area contributed by atoms with Crippen molar-refractivity contribution in [3.63, 3.8) is 0 Å². The lowest BCUT2D eigenvalue weighted by atomic mass is 10.1. The van der Waals surface area contributed by atoms with Gasteiger partial charge >= 0.3 is 13.3 Å². The van der Waals surface area contributed by atoms with E-state index < -0.39 is 18.8 Å². The molecule has 0 bridgehead atoms. The predicted molar refractivity (Wildman–Crippen MR) is 113 cm³/mol. The highest BCUT2D eigenvalue weighted by Gasteiger charge is 2.21. The van der Waals surface area contributed by atoms with E-state index >= 15 is 0 Å². The van der Waals surface area contributed by atoms with Crippen LogP contribution in [0.3, 0.4) is 0 Å². The summed E-state index contributed by atoms with van der Waals surface area (Å²) in [7, 11) is -3.34. The molecule has 0 unspecified atom stereocenters. The third kappa shape index (κ3) is 7.72. The minimum absolute atomic E-state index is 0.173. The van der Waals surface area contributed by atoms with E-state index in [0.717, 1.165) is 12.8 Å². The zero-order valence-electron chi connectivity index (χ0n) is 17.7. The highest BCUT2D eigenvalue weighted by atomic mass is 31.2. The molecule has 2 rings (SSSR count). The Balaban J connectivity index is 2.11. The van der Waals surface area contributed by atoms with Gasteiger partial charge in [0.25, 0.3) is 5.56 Å². The first kappa shape index (κ1) is 24.3. The van der Waals surface area contributed by atoms with Crippen LogP contribution in [0.5, 0.6) is 0 Å². The summed E-state index contributed by atoms with van der Waals surface area (Å²) >= 11 is 0. The van der Waals surface area contributed by atoms with Gasteiger partial charge in [-0.05, 0) is 39.7 Å². The maximum atomic E-state index is 12.7. The molecule has 0 saturated carbocycles. The van der Waals surface area contributed by atoms with Gasteiger partial charge in [-0.2, -0.15) is 0 Å². The van der Waals surface area contributed by atoms with Crippen LogP contribution in [-0.4, -0.2) is 35.7 Å². The zero-order chi connectivity index (χ0) is 22.0. The summed E-state index contributed by atoms with van der Waals surface area (Å²) in [5.41, 5.74) is -0.408. The van der Waals surface area contributed by atoms with Gasteiger partial charge in [-0.15, -0.1) is 0 Å². The van der Waals surface area contributed by atoms with E-state index in [1.165, 1.54) is 16.6 Å². The monoisotopic (exact) mass is 442 g/mol. The molecule has 168 valence electrons. The Bertz CT molecular complexity index is 880. The summed E-state index contributed by atoms with van der Waals surface area (Å²) in [5, 5.41) is 0. The smallest absolute Gasteiger partial charge is 0.353 e. The van der Waals surface area contributed by atoms with Crippen molar-refractivity contribution >= 4 is 7.60 Å². The molecule has 0 saturated heterocycles. The normalized spacial score (nSPS) is 17.9. The lowest BCUT2D eigenvalue weighted by molar-refractivity contribution is -0.121. The minimum atomic E-state index is -3.34. The summed E-state index contributed by atoms with van der Waals surface area (Å²) in [6.07, 6.45) is 8.64. The summed E-state index contributed by atoms with van der Waals surface area (Å²) < 4.78 is 36.1. The third-order valence-electron chi connectivity index (χ3n) is 4.48.